The lowest BCUT2D eigenvalue weighted by molar-refractivity contribution is 0.500. The van der Waals surface area contributed by atoms with Crippen LogP contribution < -0.4 is 0 Å². The molecule has 0 saturated carbocycles. The molecule has 0 radical (unpaired) electrons. The van der Waals surface area contributed by atoms with Gasteiger partial charge in [0.1, 0.15) is 0 Å². The van der Waals surface area contributed by atoms with E-state index in [-0.39, 0.29) is 11.6 Å². The zero-order valence-corrected chi connectivity index (χ0v) is 7.36. The summed E-state index contributed by atoms with van der Waals surface area (Å²) in [6, 6.07) is 10.4. The Bertz CT molecular complexity index is 295. The Kier molecular flexibility index (Phi) is 1.50. The van der Waals surface area contributed by atoms with Crippen LogP contribution in [0.4, 0.5) is 0 Å². The summed E-state index contributed by atoms with van der Waals surface area (Å²) >= 11 is 0. The second kappa shape index (κ2) is 2.41. The summed E-state index contributed by atoms with van der Waals surface area (Å²) < 4.78 is 0. The van der Waals surface area contributed by atoms with Crippen molar-refractivity contribution in [3.63, 3.8) is 0 Å². The maximum atomic E-state index is 3.98. The van der Waals surface area contributed by atoms with Gasteiger partial charge in [-0.05, 0) is 5.56 Å². The lowest BCUT2D eigenvalue weighted by atomic mass is 9.83. The molecule has 2 rings (SSSR count). The number of hydrogen-bond acceptors (Lipinski definition) is 2. The Morgan fingerprint density at radius 3 is 2.17 bits per heavy atom. The molecule has 0 bridgehead atoms. The molecule has 1 aliphatic heterocycles. The van der Waals surface area contributed by atoms with Crippen LogP contribution in [0, 0.1) is 0 Å². The molecule has 12 heavy (non-hydrogen) atoms. The molecule has 62 valence electrons. The van der Waals surface area contributed by atoms with E-state index in [1.54, 1.807) is 0 Å². The molecule has 0 atom stereocenters. The van der Waals surface area contributed by atoms with Crippen LogP contribution in [-0.4, -0.2) is 6.17 Å². The van der Waals surface area contributed by atoms with Gasteiger partial charge < -0.3 is 0 Å². The van der Waals surface area contributed by atoms with Gasteiger partial charge in [0.15, 0.2) is 6.17 Å². The van der Waals surface area contributed by atoms with E-state index in [9.17, 15) is 0 Å². The van der Waals surface area contributed by atoms with Crippen molar-refractivity contribution in [2.24, 2.45) is 10.2 Å². The molecule has 0 N–H and O–H groups in total. The predicted octanol–water partition coefficient (Wildman–Crippen LogP) is 2.76. The van der Waals surface area contributed by atoms with Gasteiger partial charge in [-0.2, -0.15) is 10.2 Å². The smallest absolute Gasteiger partial charge is 0.162 e. The quantitative estimate of drug-likeness (QED) is 0.635. The Morgan fingerprint density at radius 2 is 1.67 bits per heavy atom. The highest BCUT2D eigenvalue weighted by Crippen LogP contribution is 2.35. The minimum atomic E-state index is 0.0707. The third kappa shape index (κ3) is 1.13. The van der Waals surface area contributed by atoms with Crippen molar-refractivity contribution in [2.75, 3.05) is 0 Å². The van der Waals surface area contributed by atoms with Gasteiger partial charge in [-0.25, -0.2) is 0 Å². The summed E-state index contributed by atoms with van der Waals surface area (Å²) in [7, 11) is 0. The van der Waals surface area contributed by atoms with Gasteiger partial charge in [0.2, 0.25) is 0 Å². The number of hydrogen-bond donors (Lipinski definition) is 0. The Labute approximate surface area is 72.3 Å². The van der Waals surface area contributed by atoms with E-state index in [0.717, 1.165) is 0 Å². The first-order valence-corrected chi connectivity index (χ1v) is 4.17. The number of benzene rings is 1. The zero-order valence-electron chi connectivity index (χ0n) is 7.36. The average Bonchev–Trinajstić information content (AvgIpc) is 2.88. The van der Waals surface area contributed by atoms with E-state index in [0.29, 0.717) is 0 Å². The molecule has 2 nitrogen and oxygen atoms in total. The molecule has 0 saturated heterocycles. The highest BCUT2D eigenvalue weighted by atomic mass is 15.4. The monoisotopic (exact) mass is 160 g/mol. The molecule has 0 unspecified atom stereocenters. The molecule has 0 aromatic heterocycles. The molecule has 0 amide bonds. The summed E-state index contributed by atoms with van der Waals surface area (Å²) in [5.41, 5.74) is 1.38. The molecule has 1 aromatic rings. The normalized spacial score (nSPS) is 16.5. The third-order valence-electron chi connectivity index (χ3n) is 2.39. The maximum absolute atomic E-state index is 3.98. The van der Waals surface area contributed by atoms with Crippen molar-refractivity contribution in [1.29, 1.82) is 0 Å². The Hall–Kier alpha value is -1.18. The predicted molar refractivity (Wildman–Crippen MR) is 48.1 cm³/mol. The van der Waals surface area contributed by atoms with E-state index in [2.05, 4.69) is 48.3 Å². The van der Waals surface area contributed by atoms with Crippen LogP contribution in [0.2, 0.25) is 0 Å². The van der Waals surface area contributed by atoms with Gasteiger partial charge in [0.25, 0.3) is 0 Å². The van der Waals surface area contributed by atoms with Crippen molar-refractivity contribution < 1.29 is 0 Å². The molecule has 1 heterocycles. The first-order chi connectivity index (χ1) is 5.71. The fourth-order valence-corrected chi connectivity index (χ4v) is 1.34. The standard InChI is InChI=1S/C10H12N2/c1-10(2,9-11-12-9)8-6-4-3-5-7-8/h3-7,9H,1-2H3. The first kappa shape index (κ1) is 7.47. The van der Waals surface area contributed by atoms with Crippen molar-refractivity contribution in [1.82, 2.24) is 0 Å². The Balaban J connectivity index is 2.29. The van der Waals surface area contributed by atoms with Crippen LogP contribution in [0.25, 0.3) is 0 Å². The lowest BCUT2D eigenvalue weighted by Gasteiger charge is -2.21. The molecule has 1 aliphatic rings. The maximum Gasteiger partial charge on any atom is 0.190 e. The van der Waals surface area contributed by atoms with Crippen LogP contribution in [0.3, 0.4) is 0 Å². The molecule has 0 fully saturated rings. The average molecular weight is 160 g/mol. The SMILES string of the molecule is CC(C)(c1ccccc1)C1N=N1. The first-order valence-electron chi connectivity index (χ1n) is 4.17. The van der Waals surface area contributed by atoms with Crippen LogP contribution in [-0.2, 0) is 5.41 Å². The van der Waals surface area contributed by atoms with Crippen LogP contribution in [0.5, 0.6) is 0 Å². The summed E-state index contributed by atoms with van der Waals surface area (Å²) in [5.74, 6) is 0. The minimum Gasteiger partial charge on any atom is -0.162 e. The van der Waals surface area contributed by atoms with E-state index < -0.39 is 0 Å². The molecular weight excluding hydrogens is 148 g/mol. The second-order valence-corrected chi connectivity index (χ2v) is 3.69. The largest absolute Gasteiger partial charge is 0.190 e. The summed E-state index contributed by atoms with van der Waals surface area (Å²) in [6.45, 7) is 4.35. The molecule has 2 heteroatoms. The van der Waals surface area contributed by atoms with Gasteiger partial charge >= 0.3 is 0 Å². The molecule has 1 aromatic carbocycles. The second-order valence-electron chi connectivity index (χ2n) is 3.69. The lowest BCUT2D eigenvalue weighted by Crippen LogP contribution is -2.24. The van der Waals surface area contributed by atoms with Gasteiger partial charge in [0.05, 0.1) is 0 Å². The van der Waals surface area contributed by atoms with E-state index in [1.165, 1.54) is 5.56 Å². The van der Waals surface area contributed by atoms with Gasteiger partial charge in [-0.15, -0.1) is 0 Å². The van der Waals surface area contributed by atoms with Crippen molar-refractivity contribution in [3.05, 3.63) is 35.9 Å². The molecular formula is C10H12N2. The minimum absolute atomic E-state index is 0.0707. The zero-order chi connectivity index (χ0) is 8.60. The highest BCUT2D eigenvalue weighted by Gasteiger charge is 2.37. The van der Waals surface area contributed by atoms with E-state index in [4.69, 9.17) is 0 Å². The van der Waals surface area contributed by atoms with Crippen molar-refractivity contribution in [2.45, 2.75) is 25.4 Å². The van der Waals surface area contributed by atoms with Gasteiger partial charge in [0, 0.05) is 5.41 Å². The van der Waals surface area contributed by atoms with Crippen molar-refractivity contribution >= 4 is 0 Å². The summed E-state index contributed by atoms with van der Waals surface area (Å²) in [6.07, 6.45) is 0.180. The number of nitrogens with zero attached hydrogens (tertiary/aromatic N) is 2. The van der Waals surface area contributed by atoms with Gasteiger partial charge in [-0.1, -0.05) is 44.2 Å². The molecule has 0 aliphatic carbocycles. The fourth-order valence-electron chi connectivity index (χ4n) is 1.34. The van der Waals surface area contributed by atoms with Gasteiger partial charge in [-0.3, -0.25) is 0 Å². The highest BCUT2D eigenvalue weighted by molar-refractivity contribution is 5.26. The molecule has 0 spiro atoms. The van der Waals surface area contributed by atoms with E-state index >= 15 is 0 Å². The Morgan fingerprint density at radius 1 is 1.08 bits per heavy atom. The van der Waals surface area contributed by atoms with Crippen LogP contribution in [0.15, 0.2) is 40.6 Å². The third-order valence-corrected chi connectivity index (χ3v) is 2.39. The van der Waals surface area contributed by atoms with E-state index in [1.807, 2.05) is 6.07 Å². The summed E-state index contributed by atoms with van der Waals surface area (Å²) in [5, 5.41) is 7.95. The topological polar surface area (TPSA) is 24.7 Å². The summed E-state index contributed by atoms with van der Waals surface area (Å²) in [4.78, 5) is 0. The van der Waals surface area contributed by atoms with Crippen LogP contribution >= 0.6 is 0 Å². The number of rotatable bonds is 2. The van der Waals surface area contributed by atoms with Crippen molar-refractivity contribution in [3.8, 4) is 0 Å². The fraction of sp³-hybridized carbons (Fsp3) is 0.400. The van der Waals surface area contributed by atoms with Crippen LogP contribution in [0.1, 0.15) is 19.4 Å².